The number of ether oxygens (including phenoxy) is 2. The molecule has 1 aliphatic rings. The summed E-state index contributed by atoms with van der Waals surface area (Å²) in [6, 6.07) is -1.01. The Morgan fingerprint density at radius 3 is 1.71 bits per heavy atom. The van der Waals surface area contributed by atoms with Gasteiger partial charge in [-0.15, -0.1) is 0 Å². The Morgan fingerprint density at radius 2 is 1.18 bits per heavy atom. The van der Waals surface area contributed by atoms with Gasteiger partial charge in [0.2, 0.25) is 11.8 Å². The third-order valence-corrected chi connectivity index (χ3v) is 10.0. The SMILES string of the molecule is CCCCCCCCCCCCCC[C@@H](O)[C@@H](O)[C@H](CO[C@H]1O[C@H](CO)[C@H](O)[C@H](O)[C@H]1O)NC(=O)CCCCCCCCCCCNC(=O)CC. The van der Waals surface area contributed by atoms with Crippen molar-refractivity contribution in [3.05, 3.63) is 0 Å². The van der Waals surface area contributed by atoms with Crippen LogP contribution in [-0.2, 0) is 19.1 Å². The normalized spacial score (nSPS) is 22.4. The van der Waals surface area contributed by atoms with Crippen LogP contribution in [0, 0.1) is 0 Å². The second kappa shape index (κ2) is 31.0. The van der Waals surface area contributed by atoms with E-state index in [9.17, 15) is 40.2 Å². The van der Waals surface area contributed by atoms with Gasteiger partial charge < -0.3 is 50.7 Å². The number of hydrogen-bond donors (Lipinski definition) is 8. The minimum absolute atomic E-state index is 0.0967. The van der Waals surface area contributed by atoms with E-state index in [0.717, 1.165) is 83.6 Å². The van der Waals surface area contributed by atoms with E-state index in [-0.39, 0.29) is 24.8 Å². The lowest BCUT2D eigenvalue weighted by molar-refractivity contribution is -0.303. The summed E-state index contributed by atoms with van der Waals surface area (Å²) >= 11 is 0. The van der Waals surface area contributed by atoms with Crippen LogP contribution in [0.25, 0.3) is 0 Å². The molecule has 8 N–H and O–H groups in total. The van der Waals surface area contributed by atoms with Crippen LogP contribution in [0.2, 0.25) is 0 Å². The van der Waals surface area contributed by atoms with Crippen LogP contribution in [0.1, 0.15) is 168 Å². The first-order valence-electron chi connectivity index (χ1n) is 20.5. The smallest absolute Gasteiger partial charge is 0.220 e. The number of nitrogens with one attached hydrogen (secondary N) is 2. The van der Waals surface area contributed by atoms with Crippen LogP contribution in [0.3, 0.4) is 0 Å². The van der Waals surface area contributed by atoms with Crippen molar-refractivity contribution < 1.29 is 49.7 Å². The molecular formula is C39H76N2O10. The Hall–Kier alpha value is -1.38. The zero-order chi connectivity index (χ0) is 37.7. The van der Waals surface area contributed by atoms with Gasteiger partial charge in [-0.3, -0.25) is 9.59 Å². The first kappa shape index (κ1) is 47.6. The molecule has 0 saturated carbocycles. The van der Waals surface area contributed by atoms with Crippen molar-refractivity contribution in [3.8, 4) is 0 Å². The number of carbonyl (C=O) groups excluding carboxylic acids is 2. The Morgan fingerprint density at radius 1 is 0.667 bits per heavy atom. The summed E-state index contributed by atoms with van der Waals surface area (Å²) in [5.41, 5.74) is 0. The lowest BCUT2D eigenvalue weighted by atomic mass is 9.98. The van der Waals surface area contributed by atoms with Gasteiger partial charge >= 0.3 is 0 Å². The number of hydrogen-bond acceptors (Lipinski definition) is 10. The maximum atomic E-state index is 12.9. The molecule has 12 heteroatoms. The van der Waals surface area contributed by atoms with Crippen LogP contribution < -0.4 is 10.6 Å². The van der Waals surface area contributed by atoms with Crippen molar-refractivity contribution in [2.75, 3.05) is 19.8 Å². The Kier molecular flexibility index (Phi) is 29.0. The monoisotopic (exact) mass is 733 g/mol. The molecular weight excluding hydrogens is 656 g/mol. The highest BCUT2D eigenvalue weighted by Gasteiger charge is 2.44. The van der Waals surface area contributed by atoms with Crippen LogP contribution in [0.4, 0.5) is 0 Å². The van der Waals surface area contributed by atoms with E-state index in [1.54, 1.807) is 0 Å². The molecule has 51 heavy (non-hydrogen) atoms. The van der Waals surface area contributed by atoms with Crippen LogP contribution >= 0.6 is 0 Å². The van der Waals surface area contributed by atoms with Gasteiger partial charge in [-0.25, -0.2) is 0 Å². The van der Waals surface area contributed by atoms with Gasteiger partial charge in [0.05, 0.1) is 25.4 Å². The van der Waals surface area contributed by atoms with Gasteiger partial charge in [0.1, 0.15) is 30.5 Å². The third-order valence-electron chi connectivity index (χ3n) is 10.0. The molecule has 1 heterocycles. The standard InChI is InChI=1S/C39H76N2O10/c1-3-5-6-7-8-9-10-11-13-16-19-22-25-31(43)35(46)30(29-50-39-38(49)37(48)36(47)32(28-42)51-39)41-34(45)26-23-20-17-14-12-15-18-21-24-27-40-33(44)4-2/h30-32,35-39,42-43,46-49H,3-29H2,1-2H3,(H,40,44)(H,41,45)/t30-,31+,32+,35-,36-,37-,38+,39-/m0/s1. The summed E-state index contributed by atoms with van der Waals surface area (Å²) in [5, 5.41) is 67.7. The molecule has 12 nitrogen and oxygen atoms in total. The Balaban J connectivity index is 2.45. The second-order valence-electron chi connectivity index (χ2n) is 14.6. The molecule has 0 unspecified atom stereocenters. The molecule has 1 fully saturated rings. The van der Waals surface area contributed by atoms with Gasteiger partial charge in [-0.05, 0) is 19.3 Å². The highest BCUT2D eigenvalue weighted by molar-refractivity contribution is 5.76. The molecule has 0 aromatic heterocycles. The lowest BCUT2D eigenvalue weighted by Crippen LogP contribution is -2.60. The predicted molar refractivity (Wildman–Crippen MR) is 199 cm³/mol. The van der Waals surface area contributed by atoms with Gasteiger partial charge in [0.15, 0.2) is 6.29 Å². The predicted octanol–water partition coefficient (Wildman–Crippen LogP) is 4.53. The summed E-state index contributed by atoms with van der Waals surface area (Å²) in [5.74, 6) is -0.191. The van der Waals surface area contributed by atoms with Crippen LogP contribution in [0.15, 0.2) is 0 Å². The molecule has 0 radical (unpaired) electrons. The van der Waals surface area contributed by atoms with Gasteiger partial charge in [0.25, 0.3) is 0 Å². The van der Waals surface area contributed by atoms with Gasteiger partial charge in [-0.2, -0.15) is 0 Å². The average molecular weight is 733 g/mol. The number of aliphatic hydroxyl groups is 6. The van der Waals surface area contributed by atoms with Crippen molar-refractivity contribution in [2.24, 2.45) is 0 Å². The van der Waals surface area contributed by atoms with Crippen molar-refractivity contribution in [1.29, 1.82) is 0 Å². The molecule has 8 atom stereocenters. The van der Waals surface area contributed by atoms with Crippen molar-refractivity contribution in [2.45, 2.75) is 217 Å². The maximum Gasteiger partial charge on any atom is 0.220 e. The summed E-state index contributed by atoms with van der Waals surface area (Å²) < 4.78 is 11.1. The number of aliphatic hydroxyl groups excluding tert-OH is 6. The van der Waals surface area contributed by atoms with E-state index in [1.807, 2.05) is 6.92 Å². The minimum atomic E-state index is -1.62. The largest absolute Gasteiger partial charge is 0.394 e. The molecule has 0 aromatic rings. The summed E-state index contributed by atoms with van der Waals surface area (Å²) in [7, 11) is 0. The zero-order valence-corrected chi connectivity index (χ0v) is 32.0. The van der Waals surface area contributed by atoms with Crippen LogP contribution in [0.5, 0.6) is 0 Å². The average Bonchev–Trinajstić information content (AvgIpc) is 3.13. The fraction of sp³-hybridized carbons (Fsp3) is 0.949. The molecule has 0 spiro atoms. The van der Waals surface area contributed by atoms with Crippen molar-refractivity contribution >= 4 is 11.8 Å². The summed E-state index contributed by atoms with van der Waals surface area (Å²) in [6.45, 7) is 3.89. The zero-order valence-electron chi connectivity index (χ0n) is 32.0. The topological polar surface area (TPSA) is 198 Å². The Labute approximate surface area is 308 Å². The van der Waals surface area contributed by atoms with Crippen molar-refractivity contribution in [1.82, 2.24) is 10.6 Å². The molecule has 0 bridgehead atoms. The quantitative estimate of drug-likeness (QED) is 0.0444. The highest BCUT2D eigenvalue weighted by Crippen LogP contribution is 2.23. The molecule has 1 saturated heterocycles. The molecule has 0 aliphatic carbocycles. The molecule has 2 amide bonds. The molecule has 0 aromatic carbocycles. The molecule has 302 valence electrons. The number of carbonyl (C=O) groups is 2. The van der Waals surface area contributed by atoms with E-state index in [4.69, 9.17) is 9.47 Å². The fourth-order valence-electron chi connectivity index (χ4n) is 6.54. The lowest BCUT2D eigenvalue weighted by Gasteiger charge is -2.40. The van der Waals surface area contributed by atoms with Crippen molar-refractivity contribution in [3.63, 3.8) is 0 Å². The first-order valence-corrected chi connectivity index (χ1v) is 20.5. The number of rotatable bonds is 33. The molecule has 1 aliphatic heterocycles. The number of amides is 2. The molecule has 1 rings (SSSR count). The fourth-order valence-corrected chi connectivity index (χ4v) is 6.54. The van der Waals surface area contributed by atoms with E-state index in [1.165, 1.54) is 51.4 Å². The summed E-state index contributed by atoms with van der Waals surface area (Å²) in [6.07, 6.45) is 14.8. The van der Waals surface area contributed by atoms with E-state index in [0.29, 0.717) is 19.3 Å². The Bertz CT molecular complexity index is 851. The maximum absolute atomic E-state index is 12.9. The first-order chi connectivity index (χ1) is 24.7. The minimum Gasteiger partial charge on any atom is -0.394 e. The van der Waals surface area contributed by atoms with E-state index >= 15 is 0 Å². The second-order valence-corrected chi connectivity index (χ2v) is 14.6. The number of unbranched alkanes of at least 4 members (excludes halogenated alkanes) is 19. The van der Waals surface area contributed by atoms with Gasteiger partial charge in [0, 0.05) is 19.4 Å². The third kappa shape index (κ3) is 22.4. The van der Waals surface area contributed by atoms with Crippen LogP contribution in [-0.4, -0.2) is 111 Å². The summed E-state index contributed by atoms with van der Waals surface area (Å²) in [4.78, 5) is 24.2. The highest BCUT2D eigenvalue weighted by atomic mass is 16.7. The van der Waals surface area contributed by atoms with E-state index < -0.39 is 55.6 Å². The van der Waals surface area contributed by atoms with E-state index in [2.05, 4.69) is 17.6 Å². The van der Waals surface area contributed by atoms with Gasteiger partial charge in [-0.1, -0.05) is 136 Å².